The van der Waals surface area contributed by atoms with Crippen LogP contribution in [-0.4, -0.2) is 70.8 Å². The Kier molecular flexibility index (Phi) is 27.9. The van der Waals surface area contributed by atoms with Gasteiger partial charge in [0.2, 0.25) is 0 Å². The second-order valence-corrected chi connectivity index (χ2v) is 11.0. The fourth-order valence-corrected chi connectivity index (χ4v) is 4.57. The van der Waals surface area contributed by atoms with Crippen molar-refractivity contribution < 1.29 is 33.8 Å². The van der Waals surface area contributed by atoms with Crippen LogP contribution in [0.15, 0.2) is 24.3 Å². The molecule has 0 radical (unpaired) electrons. The zero-order valence-corrected chi connectivity index (χ0v) is 26.5. The van der Waals surface area contributed by atoms with E-state index in [1.54, 1.807) is 0 Å². The lowest BCUT2D eigenvalue weighted by molar-refractivity contribution is -0.282. The van der Waals surface area contributed by atoms with Gasteiger partial charge in [-0.2, -0.15) is 0 Å². The van der Waals surface area contributed by atoms with Gasteiger partial charge in [-0.05, 0) is 38.3 Å². The number of ether oxygens (including phenoxy) is 5. The summed E-state index contributed by atoms with van der Waals surface area (Å²) in [6.45, 7) is 9.91. The van der Waals surface area contributed by atoms with Crippen LogP contribution in [0.2, 0.25) is 0 Å². The van der Waals surface area contributed by atoms with Crippen molar-refractivity contribution in [3.63, 3.8) is 0 Å². The normalized spacial score (nSPS) is 12.2. The summed E-state index contributed by atoms with van der Waals surface area (Å²) in [6, 6.07) is 8.15. The molecule has 1 N–H and O–H groups in total. The van der Waals surface area contributed by atoms with Crippen molar-refractivity contribution in [2.45, 2.75) is 123 Å². The van der Waals surface area contributed by atoms with Crippen molar-refractivity contribution in [1.82, 2.24) is 0 Å². The molecule has 0 aromatic heterocycles. The monoisotopic (exact) mass is 582 g/mol. The molecule has 1 aromatic rings. The molecule has 0 amide bonds. The fourth-order valence-electron chi connectivity index (χ4n) is 4.57. The van der Waals surface area contributed by atoms with Crippen molar-refractivity contribution in [3.05, 3.63) is 29.8 Å². The van der Waals surface area contributed by atoms with Crippen molar-refractivity contribution in [2.75, 3.05) is 59.5 Å². The maximum absolute atomic E-state index is 9.16. The minimum Gasteiger partial charge on any atom is -0.494 e. The fraction of sp³-hybridized carbons (Fsp3) is 0.824. The summed E-state index contributed by atoms with van der Waals surface area (Å²) in [5, 5.41) is 9.16. The summed E-state index contributed by atoms with van der Waals surface area (Å²) in [6.07, 6.45) is 19.0. The van der Waals surface area contributed by atoms with Gasteiger partial charge >= 0.3 is 0 Å². The Bertz CT molecular complexity index is 640. The van der Waals surface area contributed by atoms with Gasteiger partial charge in [0.15, 0.2) is 0 Å². The number of aryl methyl sites for hydroxylation is 1. The standard InChI is InChI=1S/C34H62O7/c1-3-4-5-6-7-8-9-10-12-15-23-36-26-28-38-30-31-39-29-27-37-25-22-34(41-35)17-14-11-13-16-24-40-33-20-18-32(2)19-21-33/h18-21,34-35H,3-17,22-31H2,1-2H3. The minimum absolute atomic E-state index is 0.180. The van der Waals surface area contributed by atoms with Gasteiger partial charge < -0.3 is 23.7 Å². The van der Waals surface area contributed by atoms with Crippen LogP contribution in [0, 0.1) is 6.92 Å². The van der Waals surface area contributed by atoms with Crippen molar-refractivity contribution in [2.24, 2.45) is 0 Å². The number of hydrogen-bond acceptors (Lipinski definition) is 7. The molecule has 0 spiro atoms. The maximum Gasteiger partial charge on any atom is 0.119 e. The summed E-state index contributed by atoms with van der Waals surface area (Å²) >= 11 is 0. The first-order chi connectivity index (χ1) is 20.3. The quantitative estimate of drug-likeness (QED) is 0.0518. The molecule has 0 heterocycles. The molecule has 0 aliphatic heterocycles. The van der Waals surface area contributed by atoms with Gasteiger partial charge in [0.25, 0.3) is 0 Å². The van der Waals surface area contributed by atoms with Crippen LogP contribution in [0.25, 0.3) is 0 Å². The van der Waals surface area contributed by atoms with Crippen LogP contribution in [-0.2, 0) is 23.8 Å². The van der Waals surface area contributed by atoms with Crippen molar-refractivity contribution in [1.29, 1.82) is 0 Å². The number of unbranched alkanes of at least 4 members (excludes halogenated alkanes) is 12. The first kappa shape index (κ1) is 37.8. The predicted molar refractivity (Wildman–Crippen MR) is 167 cm³/mol. The van der Waals surface area contributed by atoms with Crippen LogP contribution in [0.1, 0.15) is 115 Å². The highest BCUT2D eigenvalue weighted by atomic mass is 17.1. The van der Waals surface area contributed by atoms with E-state index >= 15 is 0 Å². The molecule has 41 heavy (non-hydrogen) atoms. The second kappa shape index (κ2) is 30.2. The first-order valence-corrected chi connectivity index (χ1v) is 16.6. The number of benzene rings is 1. The van der Waals surface area contributed by atoms with E-state index in [2.05, 4.69) is 30.9 Å². The lowest BCUT2D eigenvalue weighted by Gasteiger charge is -2.13. The molecular formula is C34H62O7. The molecular weight excluding hydrogens is 520 g/mol. The van der Waals surface area contributed by atoms with Gasteiger partial charge in [-0.3, -0.25) is 5.26 Å². The van der Waals surface area contributed by atoms with E-state index in [0.717, 1.165) is 57.5 Å². The second-order valence-electron chi connectivity index (χ2n) is 11.0. The maximum atomic E-state index is 9.16. The summed E-state index contributed by atoms with van der Waals surface area (Å²) in [7, 11) is 0. The molecule has 0 aliphatic rings. The first-order valence-electron chi connectivity index (χ1n) is 16.6. The van der Waals surface area contributed by atoms with E-state index in [0.29, 0.717) is 52.7 Å². The van der Waals surface area contributed by atoms with Crippen LogP contribution < -0.4 is 4.74 Å². The molecule has 0 saturated carbocycles. The summed E-state index contributed by atoms with van der Waals surface area (Å²) in [5.41, 5.74) is 1.24. The third-order valence-corrected chi connectivity index (χ3v) is 7.20. The minimum atomic E-state index is -0.180. The Morgan fingerprint density at radius 2 is 0.976 bits per heavy atom. The molecule has 1 rings (SSSR count). The Balaban J connectivity index is 1.74. The van der Waals surface area contributed by atoms with Crippen molar-refractivity contribution in [3.8, 4) is 5.75 Å². The summed E-state index contributed by atoms with van der Waals surface area (Å²) in [4.78, 5) is 4.63. The molecule has 0 aliphatic carbocycles. The highest BCUT2D eigenvalue weighted by Crippen LogP contribution is 2.14. The molecule has 1 atom stereocenters. The lowest BCUT2D eigenvalue weighted by Crippen LogP contribution is -2.16. The van der Waals surface area contributed by atoms with E-state index in [1.807, 2.05) is 12.1 Å². The van der Waals surface area contributed by atoms with Crippen LogP contribution in [0.3, 0.4) is 0 Å². The van der Waals surface area contributed by atoms with Crippen LogP contribution >= 0.6 is 0 Å². The van der Waals surface area contributed by atoms with E-state index in [9.17, 15) is 0 Å². The number of hydrogen-bond donors (Lipinski definition) is 1. The lowest BCUT2D eigenvalue weighted by atomic mass is 10.1. The average Bonchev–Trinajstić information content (AvgIpc) is 2.99. The average molecular weight is 583 g/mol. The van der Waals surface area contributed by atoms with Crippen LogP contribution in [0.4, 0.5) is 0 Å². The van der Waals surface area contributed by atoms with E-state index < -0.39 is 0 Å². The SMILES string of the molecule is CCCCCCCCCCCCOCCOCCOCCOCCC(CCCCCCOc1ccc(C)cc1)OO. The Hall–Kier alpha value is -1.22. The summed E-state index contributed by atoms with van der Waals surface area (Å²) in [5.74, 6) is 0.929. The third-order valence-electron chi connectivity index (χ3n) is 7.20. The van der Waals surface area contributed by atoms with E-state index in [1.165, 1.54) is 63.4 Å². The van der Waals surface area contributed by atoms with Crippen molar-refractivity contribution >= 4 is 0 Å². The highest BCUT2D eigenvalue weighted by molar-refractivity contribution is 5.26. The van der Waals surface area contributed by atoms with Crippen LogP contribution in [0.5, 0.6) is 5.75 Å². The Labute approximate surface area is 251 Å². The molecule has 1 aromatic carbocycles. The summed E-state index contributed by atoms with van der Waals surface area (Å²) < 4.78 is 28.1. The topological polar surface area (TPSA) is 75.6 Å². The number of rotatable bonds is 32. The van der Waals surface area contributed by atoms with Gasteiger partial charge in [-0.25, -0.2) is 4.89 Å². The van der Waals surface area contributed by atoms with E-state index in [4.69, 9.17) is 28.9 Å². The van der Waals surface area contributed by atoms with Gasteiger partial charge in [0.1, 0.15) is 5.75 Å². The largest absolute Gasteiger partial charge is 0.494 e. The van der Waals surface area contributed by atoms with Gasteiger partial charge in [0.05, 0.1) is 52.4 Å². The Morgan fingerprint density at radius 1 is 0.512 bits per heavy atom. The van der Waals surface area contributed by atoms with E-state index in [-0.39, 0.29) is 6.10 Å². The zero-order valence-electron chi connectivity index (χ0n) is 26.5. The third kappa shape index (κ3) is 26.2. The molecule has 240 valence electrons. The molecule has 1 unspecified atom stereocenters. The molecule has 0 bridgehead atoms. The van der Waals surface area contributed by atoms with Gasteiger partial charge in [-0.1, -0.05) is 102 Å². The molecule has 0 saturated heterocycles. The molecule has 7 nitrogen and oxygen atoms in total. The molecule has 7 heteroatoms. The van der Waals surface area contributed by atoms with Gasteiger partial charge in [0, 0.05) is 19.6 Å². The van der Waals surface area contributed by atoms with Gasteiger partial charge in [-0.15, -0.1) is 0 Å². The highest BCUT2D eigenvalue weighted by Gasteiger charge is 2.09. The Morgan fingerprint density at radius 3 is 1.54 bits per heavy atom. The smallest absolute Gasteiger partial charge is 0.119 e. The molecule has 0 fully saturated rings. The predicted octanol–water partition coefficient (Wildman–Crippen LogP) is 8.56. The zero-order chi connectivity index (χ0) is 29.5.